The van der Waals surface area contributed by atoms with E-state index in [2.05, 4.69) is 5.32 Å². The number of methoxy groups -OCH3 is 2. The minimum Gasteiger partial charge on any atom is -0.497 e. The summed E-state index contributed by atoms with van der Waals surface area (Å²) in [6, 6.07) is 11.2. The van der Waals surface area contributed by atoms with E-state index in [1.807, 2.05) is 64.1 Å². The summed E-state index contributed by atoms with van der Waals surface area (Å²) >= 11 is 0. The molecule has 1 amide bonds. The molecule has 0 saturated carbocycles. The van der Waals surface area contributed by atoms with Gasteiger partial charge in [-0.15, -0.1) is 0 Å². The Balaban J connectivity index is 2.14. The molecular weight excluding hydrogens is 342 g/mol. The van der Waals surface area contributed by atoms with Crippen LogP contribution < -0.4 is 19.5 Å². The molecule has 0 heterocycles. The minimum atomic E-state index is -0.564. The van der Waals surface area contributed by atoms with E-state index in [1.54, 1.807) is 14.2 Å². The predicted octanol–water partition coefficient (Wildman–Crippen LogP) is 4.36. The van der Waals surface area contributed by atoms with Crippen molar-refractivity contribution in [3.05, 3.63) is 53.1 Å². The summed E-state index contributed by atoms with van der Waals surface area (Å²) in [5, 5.41) is 3.02. The van der Waals surface area contributed by atoms with E-state index in [0.29, 0.717) is 17.9 Å². The average Bonchev–Trinajstić information content (AvgIpc) is 2.66. The smallest absolute Gasteiger partial charge is 0.261 e. The van der Waals surface area contributed by atoms with Crippen molar-refractivity contribution in [1.29, 1.82) is 0 Å². The second-order valence-corrected chi connectivity index (χ2v) is 6.62. The van der Waals surface area contributed by atoms with Gasteiger partial charge in [0.1, 0.15) is 17.2 Å². The van der Waals surface area contributed by atoms with Crippen LogP contribution in [-0.2, 0) is 4.79 Å². The van der Waals surface area contributed by atoms with Gasteiger partial charge < -0.3 is 19.5 Å². The van der Waals surface area contributed by atoms with Gasteiger partial charge in [0, 0.05) is 5.56 Å². The molecule has 2 aromatic rings. The first-order valence-corrected chi connectivity index (χ1v) is 9.15. The molecule has 27 heavy (non-hydrogen) atoms. The molecule has 0 aliphatic heterocycles. The molecule has 0 saturated heterocycles. The highest BCUT2D eigenvalue weighted by molar-refractivity contribution is 5.81. The van der Waals surface area contributed by atoms with Crippen molar-refractivity contribution in [3.63, 3.8) is 0 Å². The average molecular weight is 371 g/mol. The fourth-order valence-electron chi connectivity index (χ4n) is 2.97. The lowest BCUT2D eigenvalue weighted by molar-refractivity contribution is -0.128. The number of carbonyl (C=O) groups is 1. The zero-order valence-electron chi connectivity index (χ0n) is 17.0. The van der Waals surface area contributed by atoms with Gasteiger partial charge >= 0.3 is 0 Å². The van der Waals surface area contributed by atoms with E-state index in [4.69, 9.17) is 14.2 Å². The first kappa shape index (κ1) is 20.6. The Morgan fingerprint density at radius 3 is 2.33 bits per heavy atom. The summed E-state index contributed by atoms with van der Waals surface area (Å²) in [7, 11) is 3.22. The van der Waals surface area contributed by atoms with Crippen LogP contribution in [0.1, 0.15) is 43.0 Å². The first-order valence-electron chi connectivity index (χ1n) is 9.15. The molecule has 0 aromatic heterocycles. The van der Waals surface area contributed by atoms with Gasteiger partial charge in [0.2, 0.25) is 0 Å². The third-order valence-electron chi connectivity index (χ3n) is 4.53. The summed E-state index contributed by atoms with van der Waals surface area (Å²) < 4.78 is 16.7. The van der Waals surface area contributed by atoms with Crippen LogP contribution in [0, 0.1) is 13.8 Å². The molecule has 146 valence electrons. The van der Waals surface area contributed by atoms with Crippen LogP contribution in [0.2, 0.25) is 0 Å². The number of aryl methyl sites for hydroxylation is 2. The van der Waals surface area contributed by atoms with Crippen LogP contribution in [0.4, 0.5) is 0 Å². The molecular formula is C22H29NO4. The Morgan fingerprint density at radius 2 is 1.74 bits per heavy atom. The van der Waals surface area contributed by atoms with Crippen LogP contribution in [-0.4, -0.2) is 26.2 Å². The van der Waals surface area contributed by atoms with Crippen molar-refractivity contribution >= 4 is 5.91 Å². The second-order valence-electron chi connectivity index (χ2n) is 6.62. The third-order valence-corrected chi connectivity index (χ3v) is 4.53. The molecule has 0 radical (unpaired) electrons. The number of nitrogens with one attached hydrogen (secondary N) is 1. The van der Waals surface area contributed by atoms with Gasteiger partial charge in [-0.3, -0.25) is 4.79 Å². The van der Waals surface area contributed by atoms with Gasteiger partial charge in [0.25, 0.3) is 5.91 Å². The minimum absolute atomic E-state index is 0.158. The highest BCUT2D eigenvalue weighted by Crippen LogP contribution is 2.29. The topological polar surface area (TPSA) is 56.8 Å². The number of rotatable bonds is 8. The third kappa shape index (κ3) is 5.16. The van der Waals surface area contributed by atoms with Gasteiger partial charge in [-0.25, -0.2) is 0 Å². The van der Waals surface area contributed by atoms with E-state index in [-0.39, 0.29) is 11.9 Å². The largest absolute Gasteiger partial charge is 0.497 e. The fraction of sp³-hybridized carbons (Fsp3) is 0.409. The normalized spacial score (nSPS) is 12.8. The van der Waals surface area contributed by atoms with E-state index in [0.717, 1.165) is 22.4 Å². The van der Waals surface area contributed by atoms with Crippen molar-refractivity contribution in [2.24, 2.45) is 0 Å². The monoisotopic (exact) mass is 371 g/mol. The lowest BCUT2D eigenvalue weighted by Crippen LogP contribution is -2.39. The molecule has 0 unspecified atom stereocenters. The summed E-state index contributed by atoms with van der Waals surface area (Å²) in [5.74, 6) is 1.99. The molecule has 5 nitrogen and oxygen atoms in total. The van der Waals surface area contributed by atoms with E-state index < -0.39 is 6.10 Å². The van der Waals surface area contributed by atoms with E-state index in [9.17, 15) is 4.79 Å². The molecule has 0 aliphatic rings. The molecule has 0 aliphatic carbocycles. The summed E-state index contributed by atoms with van der Waals surface area (Å²) in [5.41, 5.74) is 3.03. The first-order chi connectivity index (χ1) is 12.9. The molecule has 0 fully saturated rings. The number of hydrogen-bond acceptors (Lipinski definition) is 4. The highest BCUT2D eigenvalue weighted by atomic mass is 16.5. The maximum Gasteiger partial charge on any atom is 0.261 e. The van der Waals surface area contributed by atoms with Crippen molar-refractivity contribution in [2.75, 3.05) is 14.2 Å². The quantitative estimate of drug-likeness (QED) is 0.749. The van der Waals surface area contributed by atoms with Gasteiger partial charge in [0.05, 0.1) is 20.3 Å². The van der Waals surface area contributed by atoms with Crippen LogP contribution in [0.15, 0.2) is 36.4 Å². The van der Waals surface area contributed by atoms with Crippen molar-refractivity contribution in [1.82, 2.24) is 5.32 Å². The lowest BCUT2D eigenvalue weighted by Gasteiger charge is -2.23. The van der Waals surface area contributed by atoms with Crippen LogP contribution in [0.5, 0.6) is 17.2 Å². The number of benzene rings is 2. The number of ether oxygens (including phenoxy) is 3. The zero-order valence-corrected chi connectivity index (χ0v) is 17.0. The fourth-order valence-corrected chi connectivity index (χ4v) is 2.97. The standard InChI is InChI=1S/C22H29NO4/c1-7-19(27-20-10-8-14(2)12-15(20)3)22(24)23-16(4)18-13-17(25-5)9-11-21(18)26-6/h8-13,16,19H,7H2,1-6H3,(H,23,24)/t16-,19+/m0/s1. The lowest BCUT2D eigenvalue weighted by atomic mass is 10.1. The number of hydrogen-bond donors (Lipinski definition) is 1. The van der Waals surface area contributed by atoms with Crippen LogP contribution in [0.3, 0.4) is 0 Å². The van der Waals surface area contributed by atoms with E-state index in [1.165, 1.54) is 0 Å². The Hall–Kier alpha value is -2.69. The van der Waals surface area contributed by atoms with Crippen LogP contribution in [0.25, 0.3) is 0 Å². The van der Waals surface area contributed by atoms with Gasteiger partial charge in [-0.2, -0.15) is 0 Å². The van der Waals surface area contributed by atoms with Gasteiger partial charge in [-0.1, -0.05) is 24.6 Å². The molecule has 2 rings (SSSR count). The molecule has 0 spiro atoms. The second kappa shape index (κ2) is 9.31. The maximum absolute atomic E-state index is 12.8. The van der Waals surface area contributed by atoms with Gasteiger partial charge in [-0.05, 0) is 57.0 Å². The predicted molar refractivity (Wildman–Crippen MR) is 107 cm³/mol. The van der Waals surface area contributed by atoms with Crippen molar-refractivity contribution in [3.8, 4) is 17.2 Å². The van der Waals surface area contributed by atoms with Crippen molar-refractivity contribution in [2.45, 2.75) is 46.3 Å². The van der Waals surface area contributed by atoms with Crippen LogP contribution >= 0.6 is 0 Å². The Bertz CT molecular complexity index is 788. The summed E-state index contributed by atoms with van der Waals surface area (Å²) in [6.45, 7) is 7.87. The molecule has 0 bridgehead atoms. The Morgan fingerprint density at radius 1 is 1.04 bits per heavy atom. The Labute approximate surface area is 161 Å². The zero-order chi connectivity index (χ0) is 20.0. The maximum atomic E-state index is 12.8. The van der Waals surface area contributed by atoms with E-state index >= 15 is 0 Å². The molecule has 1 N–H and O–H groups in total. The molecule has 5 heteroatoms. The van der Waals surface area contributed by atoms with Gasteiger partial charge in [0.15, 0.2) is 6.10 Å². The number of amides is 1. The Kier molecular flexibility index (Phi) is 7.11. The number of carbonyl (C=O) groups excluding carboxylic acids is 1. The van der Waals surface area contributed by atoms with Crippen molar-refractivity contribution < 1.29 is 19.0 Å². The highest BCUT2D eigenvalue weighted by Gasteiger charge is 2.23. The molecule has 2 atom stereocenters. The SMILES string of the molecule is CC[C@@H](Oc1ccc(C)cc1C)C(=O)N[C@@H](C)c1cc(OC)ccc1OC. The summed E-state index contributed by atoms with van der Waals surface area (Å²) in [6.07, 6.45) is 0.00616. The summed E-state index contributed by atoms with van der Waals surface area (Å²) in [4.78, 5) is 12.8. The molecule has 2 aromatic carbocycles.